The summed E-state index contributed by atoms with van der Waals surface area (Å²) < 4.78 is 40.3. The van der Waals surface area contributed by atoms with Gasteiger partial charge in [-0.15, -0.1) is 0 Å². The quantitative estimate of drug-likeness (QED) is 0.628. The topological polar surface area (TPSA) is 94.5 Å². The van der Waals surface area contributed by atoms with Crippen LogP contribution in [0, 0.1) is 0 Å². The molecule has 0 N–H and O–H groups in total. The van der Waals surface area contributed by atoms with Crippen LogP contribution in [0.25, 0.3) is 0 Å². The van der Waals surface area contributed by atoms with Crippen LogP contribution in [-0.2, 0) is 21.1 Å². The van der Waals surface area contributed by atoms with E-state index in [9.17, 15) is 13.2 Å². The van der Waals surface area contributed by atoms with Crippen molar-refractivity contribution in [2.24, 2.45) is 4.99 Å². The molecule has 0 saturated carbocycles. The van der Waals surface area contributed by atoms with Gasteiger partial charge in [0.25, 0.3) is 5.91 Å². The van der Waals surface area contributed by atoms with Gasteiger partial charge in [-0.1, -0.05) is 23.9 Å². The van der Waals surface area contributed by atoms with Gasteiger partial charge in [0.2, 0.25) is 0 Å². The number of rotatable bonds is 6. The van der Waals surface area contributed by atoms with E-state index >= 15 is 0 Å². The lowest BCUT2D eigenvalue weighted by Gasteiger charge is -2.24. The second-order valence-electron chi connectivity index (χ2n) is 7.53. The maximum atomic E-state index is 12.8. The zero-order valence-electron chi connectivity index (χ0n) is 18.0. The molecule has 0 radical (unpaired) electrons. The zero-order chi connectivity index (χ0) is 22.9. The molecule has 8 nitrogen and oxygen atoms in total. The Bertz CT molecular complexity index is 1160. The summed E-state index contributed by atoms with van der Waals surface area (Å²) in [6, 6.07) is 12.4. The highest BCUT2D eigenvalue weighted by Crippen LogP contribution is 2.41. The molecule has 2 aromatic rings. The number of hydrogen-bond donors (Lipinski definition) is 0. The number of carbonyl (C=O) groups excluding carboxylic acids is 1. The molecule has 2 heterocycles. The van der Waals surface area contributed by atoms with Gasteiger partial charge in [-0.2, -0.15) is 4.99 Å². The Kier molecular flexibility index (Phi) is 6.34. The second kappa shape index (κ2) is 9.03. The molecule has 32 heavy (non-hydrogen) atoms. The van der Waals surface area contributed by atoms with Crippen molar-refractivity contribution >= 4 is 38.4 Å². The van der Waals surface area contributed by atoms with Gasteiger partial charge in [-0.3, -0.25) is 4.79 Å². The van der Waals surface area contributed by atoms with E-state index in [2.05, 4.69) is 4.99 Å². The Morgan fingerprint density at radius 2 is 1.84 bits per heavy atom. The van der Waals surface area contributed by atoms with Crippen LogP contribution in [0.15, 0.2) is 47.5 Å². The Balaban J connectivity index is 1.62. The maximum absolute atomic E-state index is 12.8. The summed E-state index contributed by atoms with van der Waals surface area (Å²) in [6.45, 7) is 0. The van der Waals surface area contributed by atoms with Gasteiger partial charge in [0.1, 0.15) is 5.75 Å². The standard InChI is InChI=1S/C22H24N2O6S2/c1-28-16-6-4-5-15(11-16)24-17-12-32(26,27)13-20(17)31-22(24)23-21(25)10-14-7-8-18(29-2)19(9-14)30-3/h4-9,11,17,20H,10,12-13H2,1-3H3/t17-,20-/m1/s1. The van der Waals surface area contributed by atoms with Crippen molar-refractivity contribution < 1.29 is 27.4 Å². The van der Waals surface area contributed by atoms with E-state index in [0.717, 1.165) is 11.3 Å². The molecule has 2 atom stereocenters. The number of methoxy groups -OCH3 is 3. The molecule has 2 aliphatic rings. The molecule has 1 amide bonds. The summed E-state index contributed by atoms with van der Waals surface area (Å²) in [4.78, 5) is 19.1. The monoisotopic (exact) mass is 476 g/mol. The largest absolute Gasteiger partial charge is 0.497 e. The van der Waals surface area contributed by atoms with Crippen LogP contribution in [0.1, 0.15) is 5.56 Å². The van der Waals surface area contributed by atoms with Gasteiger partial charge >= 0.3 is 0 Å². The van der Waals surface area contributed by atoms with E-state index in [-0.39, 0.29) is 35.1 Å². The minimum Gasteiger partial charge on any atom is -0.497 e. The van der Waals surface area contributed by atoms with E-state index in [0.29, 0.717) is 22.4 Å². The third-order valence-electron chi connectivity index (χ3n) is 5.42. The number of sulfone groups is 1. The molecule has 0 aliphatic carbocycles. The average molecular weight is 477 g/mol. The molecule has 2 fully saturated rings. The number of aliphatic imine (C=N–C) groups is 1. The summed E-state index contributed by atoms with van der Waals surface area (Å²) in [5.74, 6) is 1.55. The number of thioether (sulfide) groups is 1. The first kappa shape index (κ1) is 22.5. The molecule has 2 saturated heterocycles. The summed E-state index contributed by atoms with van der Waals surface area (Å²) in [5.41, 5.74) is 1.50. The molecule has 0 unspecified atom stereocenters. The fourth-order valence-electron chi connectivity index (χ4n) is 3.94. The van der Waals surface area contributed by atoms with Gasteiger partial charge in [-0.05, 0) is 29.8 Å². The van der Waals surface area contributed by atoms with Crippen molar-refractivity contribution in [2.75, 3.05) is 37.7 Å². The predicted molar refractivity (Wildman–Crippen MR) is 125 cm³/mol. The molecule has 0 spiro atoms. The number of ether oxygens (including phenoxy) is 3. The molecule has 2 aliphatic heterocycles. The maximum Gasteiger partial charge on any atom is 0.252 e. The van der Waals surface area contributed by atoms with Crippen LogP contribution in [0.2, 0.25) is 0 Å². The number of amides is 1. The first-order valence-electron chi connectivity index (χ1n) is 9.96. The average Bonchev–Trinajstić information content (AvgIpc) is 3.23. The van der Waals surface area contributed by atoms with Crippen LogP contribution in [0.5, 0.6) is 17.2 Å². The lowest BCUT2D eigenvalue weighted by atomic mass is 10.1. The number of amidine groups is 1. The number of carbonyl (C=O) groups is 1. The highest BCUT2D eigenvalue weighted by Gasteiger charge is 2.49. The van der Waals surface area contributed by atoms with Crippen molar-refractivity contribution in [3.8, 4) is 17.2 Å². The van der Waals surface area contributed by atoms with E-state index < -0.39 is 9.84 Å². The smallest absolute Gasteiger partial charge is 0.252 e. The van der Waals surface area contributed by atoms with E-state index in [1.807, 2.05) is 29.2 Å². The molecule has 170 valence electrons. The molecular formula is C22H24N2O6S2. The zero-order valence-corrected chi connectivity index (χ0v) is 19.6. The van der Waals surface area contributed by atoms with Crippen LogP contribution in [-0.4, -0.2) is 63.6 Å². The number of benzene rings is 2. The molecule has 0 aromatic heterocycles. The number of nitrogens with zero attached hydrogens (tertiary/aromatic N) is 2. The molecular weight excluding hydrogens is 452 g/mol. The predicted octanol–water partition coefficient (Wildman–Crippen LogP) is 2.56. The first-order chi connectivity index (χ1) is 15.3. The molecule has 2 aromatic carbocycles. The van der Waals surface area contributed by atoms with Gasteiger partial charge in [0.15, 0.2) is 26.5 Å². The van der Waals surface area contributed by atoms with Crippen LogP contribution >= 0.6 is 11.8 Å². The van der Waals surface area contributed by atoms with Gasteiger partial charge in [0.05, 0.1) is 45.3 Å². The van der Waals surface area contributed by atoms with Gasteiger partial charge in [0, 0.05) is 17.0 Å². The van der Waals surface area contributed by atoms with Crippen molar-refractivity contribution in [2.45, 2.75) is 17.7 Å². The second-order valence-corrected chi connectivity index (χ2v) is 10.9. The Morgan fingerprint density at radius 1 is 1.06 bits per heavy atom. The Labute approximate surface area is 191 Å². The van der Waals surface area contributed by atoms with Crippen molar-refractivity contribution in [1.29, 1.82) is 0 Å². The first-order valence-corrected chi connectivity index (χ1v) is 12.7. The third kappa shape index (κ3) is 4.56. The van der Waals surface area contributed by atoms with Crippen LogP contribution in [0.4, 0.5) is 5.69 Å². The highest BCUT2D eigenvalue weighted by atomic mass is 32.2. The number of anilines is 1. The van der Waals surface area contributed by atoms with Gasteiger partial charge in [-0.25, -0.2) is 8.42 Å². The normalized spacial score (nSPS) is 22.6. The molecule has 10 heteroatoms. The van der Waals surface area contributed by atoms with E-state index in [1.165, 1.54) is 18.9 Å². The van der Waals surface area contributed by atoms with Crippen LogP contribution in [0.3, 0.4) is 0 Å². The summed E-state index contributed by atoms with van der Waals surface area (Å²) in [5, 5.41) is 0.340. The van der Waals surface area contributed by atoms with Gasteiger partial charge < -0.3 is 19.1 Å². The number of fused-ring (bicyclic) bond motifs is 1. The number of hydrogen-bond acceptors (Lipinski definition) is 7. The van der Waals surface area contributed by atoms with Crippen molar-refractivity contribution in [1.82, 2.24) is 0 Å². The SMILES string of the molecule is COc1cccc(N2C(=NC(=O)Cc3ccc(OC)c(OC)c3)S[C@@H]3CS(=O)(=O)C[C@H]32)c1. The van der Waals surface area contributed by atoms with E-state index in [1.54, 1.807) is 32.4 Å². The lowest BCUT2D eigenvalue weighted by molar-refractivity contribution is -0.117. The Morgan fingerprint density at radius 3 is 2.56 bits per heavy atom. The minimum absolute atomic E-state index is 0.0325. The fraction of sp³-hybridized carbons (Fsp3) is 0.364. The minimum atomic E-state index is -3.14. The summed E-state index contributed by atoms with van der Waals surface area (Å²) in [6.07, 6.45) is 0.0873. The van der Waals surface area contributed by atoms with Crippen molar-refractivity contribution in [3.63, 3.8) is 0 Å². The third-order valence-corrected chi connectivity index (χ3v) is 8.63. The lowest BCUT2D eigenvalue weighted by Crippen LogP contribution is -2.37. The summed E-state index contributed by atoms with van der Waals surface area (Å²) in [7, 11) is 1.53. The molecule has 4 rings (SSSR count). The van der Waals surface area contributed by atoms with Crippen molar-refractivity contribution in [3.05, 3.63) is 48.0 Å². The fourth-order valence-corrected chi connectivity index (χ4v) is 7.87. The van der Waals surface area contributed by atoms with Crippen LogP contribution < -0.4 is 19.1 Å². The summed E-state index contributed by atoms with van der Waals surface area (Å²) >= 11 is 1.34. The van der Waals surface area contributed by atoms with E-state index in [4.69, 9.17) is 14.2 Å². The Hall–Kier alpha value is -2.72. The molecule has 0 bridgehead atoms. The highest BCUT2D eigenvalue weighted by molar-refractivity contribution is 8.16.